The molecule has 1 saturated heterocycles. The van der Waals surface area contributed by atoms with Crippen LogP contribution in [0.1, 0.15) is 0 Å². The number of alkyl halides is 3. The second-order valence-electron chi connectivity index (χ2n) is 7.48. The Morgan fingerprint density at radius 1 is 1.12 bits per heavy atom. The van der Waals surface area contributed by atoms with Crippen molar-refractivity contribution in [2.75, 3.05) is 25.0 Å². The molecule has 0 saturated carbocycles. The molecule has 0 aliphatic carbocycles. The molecule has 13 heteroatoms. The SMILES string of the molecule is O=C1NCCNC[C@H]1Nc1nc2c(Br)cccc2c2nc(-c3ccccc3OC(F)(F)F)nn12. The average Bonchev–Trinajstić information content (AvgIpc) is 3.14. The molecular formula is C21H17BrF3N7O2. The van der Waals surface area contributed by atoms with E-state index in [1.807, 2.05) is 0 Å². The van der Waals surface area contributed by atoms with Gasteiger partial charge < -0.3 is 20.7 Å². The zero-order valence-electron chi connectivity index (χ0n) is 17.4. The summed E-state index contributed by atoms with van der Waals surface area (Å²) in [6.07, 6.45) is -4.87. The van der Waals surface area contributed by atoms with E-state index in [1.165, 1.54) is 22.7 Å². The van der Waals surface area contributed by atoms with Crippen LogP contribution in [0.25, 0.3) is 27.9 Å². The minimum atomic E-state index is -4.87. The lowest BCUT2D eigenvalue weighted by Crippen LogP contribution is -2.42. The summed E-state index contributed by atoms with van der Waals surface area (Å²) in [5.41, 5.74) is 0.970. The van der Waals surface area contributed by atoms with Gasteiger partial charge in [0.15, 0.2) is 11.5 Å². The first-order valence-corrected chi connectivity index (χ1v) is 11.0. The zero-order valence-corrected chi connectivity index (χ0v) is 18.9. The number of halogens is 4. The van der Waals surface area contributed by atoms with Crippen LogP contribution < -0.4 is 20.7 Å². The molecule has 9 nitrogen and oxygen atoms in total. The van der Waals surface area contributed by atoms with Crippen LogP contribution in [0.3, 0.4) is 0 Å². The number of anilines is 1. The summed E-state index contributed by atoms with van der Waals surface area (Å²) >= 11 is 3.48. The fraction of sp³-hybridized carbons (Fsp3) is 0.238. The van der Waals surface area contributed by atoms with E-state index in [2.05, 4.69) is 51.7 Å². The highest BCUT2D eigenvalue weighted by atomic mass is 79.9. The first kappa shape index (κ1) is 22.3. The minimum absolute atomic E-state index is 0.0145. The van der Waals surface area contributed by atoms with Gasteiger partial charge in [-0.1, -0.05) is 18.2 Å². The van der Waals surface area contributed by atoms with Gasteiger partial charge in [-0.2, -0.15) is 4.52 Å². The Morgan fingerprint density at radius 2 is 1.94 bits per heavy atom. The number of fused-ring (bicyclic) bond motifs is 3. The number of nitrogens with one attached hydrogen (secondary N) is 3. The van der Waals surface area contributed by atoms with Crippen molar-refractivity contribution in [1.82, 2.24) is 30.2 Å². The standard InChI is InChI=1S/C21H17BrF3N7O2/c22-13-6-3-5-12-16(13)29-20(28-14-10-26-8-9-27-19(14)33)32-18(12)30-17(31-32)11-4-1-2-7-15(11)34-21(23,24)25/h1-7,14,26H,8-10H2,(H,27,33)(H,28,29)/t14-/m1/s1. The van der Waals surface area contributed by atoms with Crippen molar-refractivity contribution in [2.45, 2.75) is 12.4 Å². The Kier molecular flexibility index (Phi) is 5.73. The van der Waals surface area contributed by atoms with Gasteiger partial charge >= 0.3 is 6.36 Å². The summed E-state index contributed by atoms with van der Waals surface area (Å²) < 4.78 is 45.1. The van der Waals surface area contributed by atoms with E-state index in [0.29, 0.717) is 40.7 Å². The number of carbonyl (C=O) groups excluding carboxylic acids is 1. The Balaban J connectivity index is 1.68. The molecule has 0 unspecified atom stereocenters. The number of carbonyl (C=O) groups is 1. The van der Waals surface area contributed by atoms with E-state index < -0.39 is 18.2 Å². The fourth-order valence-corrected chi connectivity index (χ4v) is 4.13. The summed E-state index contributed by atoms with van der Waals surface area (Å²) in [4.78, 5) is 21.6. The summed E-state index contributed by atoms with van der Waals surface area (Å²) in [6.45, 7) is 1.47. The molecule has 34 heavy (non-hydrogen) atoms. The van der Waals surface area contributed by atoms with E-state index in [0.717, 1.165) is 0 Å². The van der Waals surface area contributed by atoms with Gasteiger partial charge in [0.1, 0.15) is 11.8 Å². The van der Waals surface area contributed by atoms with E-state index in [4.69, 9.17) is 0 Å². The van der Waals surface area contributed by atoms with Gasteiger partial charge in [-0.05, 0) is 40.2 Å². The molecule has 3 heterocycles. The Morgan fingerprint density at radius 3 is 2.76 bits per heavy atom. The van der Waals surface area contributed by atoms with Gasteiger partial charge in [-0.3, -0.25) is 4.79 Å². The van der Waals surface area contributed by atoms with Gasteiger partial charge in [0.25, 0.3) is 0 Å². The first-order chi connectivity index (χ1) is 16.3. The summed E-state index contributed by atoms with van der Waals surface area (Å²) in [7, 11) is 0. The summed E-state index contributed by atoms with van der Waals surface area (Å²) in [5.74, 6) is -0.408. The van der Waals surface area contributed by atoms with Crippen molar-refractivity contribution in [3.8, 4) is 17.1 Å². The molecule has 1 atom stereocenters. The van der Waals surface area contributed by atoms with Gasteiger partial charge in [-0.25, -0.2) is 9.97 Å². The van der Waals surface area contributed by atoms with Crippen molar-refractivity contribution in [2.24, 2.45) is 0 Å². The van der Waals surface area contributed by atoms with Crippen molar-refractivity contribution in [1.29, 1.82) is 0 Å². The fourth-order valence-electron chi connectivity index (χ4n) is 3.68. The number of ether oxygens (including phenoxy) is 1. The highest BCUT2D eigenvalue weighted by molar-refractivity contribution is 9.10. The van der Waals surface area contributed by atoms with Gasteiger partial charge in [0.05, 0.1) is 11.1 Å². The Labute approximate surface area is 198 Å². The molecule has 1 aliphatic rings. The normalized spacial score (nSPS) is 16.9. The number of para-hydroxylation sites is 2. The molecule has 4 aromatic rings. The molecule has 5 rings (SSSR count). The largest absolute Gasteiger partial charge is 0.573 e. The maximum Gasteiger partial charge on any atom is 0.573 e. The third kappa shape index (κ3) is 4.35. The third-order valence-electron chi connectivity index (χ3n) is 5.18. The molecule has 1 amide bonds. The Hall–Kier alpha value is -3.45. The average molecular weight is 536 g/mol. The lowest BCUT2D eigenvalue weighted by Gasteiger charge is -2.17. The molecule has 0 spiro atoms. The van der Waals surface area contributed by atoms with Crippen LogP contribution in [0.5, 0.6) is 5.75 Å². The molecule has 2 aromatic heterocycles. The topological polar surface area (TPSA) is 105 Å². The second kappa shape index (κ2) is 8.72. The van der Waals surface area contributed by atoms with E-state index in [1.54, 1.807) is 24.3 Å². The molecule has 3 N–H and O–H groups in total. The monoisotopic (exact) mass is 535 g/mol. The lowest BCUT2D eigenvalue weighted by molar-refractivity contribution is -0.274. The Bertz CT molecular complexity index is 1390. The van der Waals surface area contributed by atoms with Crippen LogP contribution in [-0.4, -0.2) is 57.5 Å². The summed E-state index contributed by atoms with van der Waals surface area (Å²) in [5, 5.41) is 14.1. The second-order valence-corrected chi connectivity index (χ2v) is 8.33. The smallest absolute Gasteiger partial charge is 0.405 e. The first-order valence-electron chi connectivity index (χ1n) is 10.3. The number of benzene rings is 2. The van der Waals surface area contributed by atoms with Crippen molar-refractivity contribution in [3.63, 3.8) is 0 Å². The molecule has 0 bridgehead atoms. The molecule has 176 valence electrons. The quantitative estimate of drug-likeness (QED) is 0.368. The number of hydrogen-bond donors (Lipinski definition) is 3. The van der Waals surface area contributed by atoms with Crippen LogP contribution >= 0.6 is 15.9 Å². The predicted octanol–water partition coefficient (Wildman–Crippen LogP) is 3.11. The third-order valence-corrected chi connectivity index (χ3v) is 5.82. The van der Waals surface area contributed by atoms with Gasteiger partial charge in [0, 0.05) is 29.5 Å². The number of nitrogens with zero attached hydrogens (tertiary/aromatic N) is 4. The van der Waals surface area contributed by atoms with Crippen LogP contribution in [0.4, 0.5) is 19.1 Å². The molecular weight excluding hydrogens is 519 g/mol. The highest BCUT2D eigenvalue weighted by Crippen LogP contribution is 2.34. The van der Waals surface area contributed by atoms with Crippen LogP contribution in [-0.2, 0) is 4.79 Å². The predicted molar refractivity (Wildman–Crippen MR) is 121 cm³/mol. The zero-order chi connectivity index (χ0) is 23.9. The molecule has 0 radical (unpaired) electrons. The molecule has 1 aliphatic heterocycles. The van der Waals surface area contributed by atoms with E-state index in [9.17, 15) is 18.0 Å². The van der Waals surface area contributed by atoms with Crippen LogP contribution in [0.2, 0.25) is 0 Å². The molecule has 1 fully saturated rings. The maximum atomic E-state index is 13.0. The van der Waals surface area contributed by atoms with Crippen molar-refractivity contribution in [3.05, 3.63) is 46.9 Å². The number of amides is 1. The van der Waals surface area contributed by atoms with Crippen molar-refractivity contribution < 1.29 is 22.7 Å². The van der Waals surface area contributed by atoms with Crippen molar-refractivity contribution >= 4 is 44.3 Å². The van der Waals surface area contributed by atoms with E-state index >= 15 is 0 Å². The number of aromatic nitrogens is 4. The minimum Gasteiger partial charge on any atom is -0.405 e. The summed E-state index contributed by atoms with van der Waals surface area (Å²) in [6, 6.07) is 10.4. The van der Waals surface area contributed by atoms with Crippen LogP contribution in [0.15, 0.2) is 46.9 Å². The van der Waals surface area contributed by atoms with Gasteiger partial charge in [-0.15, -0.1) is 18.3 Å². The molecule has 2 aromatic carbocycles. The number of rotatable bonds is 4. The number of hydrogen-bond acceptors (Lipinski definition) is 7. The lowest BCUT2D eigenvalue weighted by atomic mass is 10.2. The van der Waals surface area contributed by atoms with Gasteiger partial charge in [0.2, 0.25) is 11.9 Å². The maximum absolute atomic E-state index is 13.0. The van der Waals surface area contributed by atoms with E-state index in [-0.39, 0.29) is 23.2 Å². The van der Waals surface area contributed by atoms with Crippen LogP contribution in [0, 0.1) is 0 Å². The highest BCUT2D eigenvalue weighted by Gasteiger charge is 2.33.